The van der Waals surface area contributed by atoms with Gasteiger partial charge in [0.05, 0.1) is 16.6 Å². The van der Waals surface area contributed by atoms with Crippen LogP contribution in [0.2, 0.25) is 0 Å². The molecule has 7 heteroatoms. The Morgan fingerprint density at radius 3 is 2.46 bits per heavy atom. The predicted molar refractivity (Wildman–Crippen MR) is 133 cm³/mol. The fraction of sp³-hybridized carbons (Fsp3) is 0.107. The van der Waals surface area contributed by atoms with E-state index in [0.29, 0.717) is 23.5 Å². The van der Waals surface area contributed by atoms with Gasteiger partial charge < -0.3 is 9.30 Å². The van der Waals surface area contributed by atoms with Crippen molar-refractivity contribution >= 4 is 17.3 Å². The average Bonchev–Trinajstić information content (AvgIpc) is 3.15. The Morgan fingerprint density at radius 2 is 1.80 bits per heavy atom. The number of ether oxygens (including phenoxy) is 1. The molecule has 0 unspecified atom stereocenters. The van der Waals surface area contributed by atoms with Crippen molar-refractivity contribution in [3.8, 4) is 17.5 Å². The van der Waals surface area contributed by atoms with Crippen molar-refractivity contribution in [3.05, 3.63) is 123 Å². The molecular weight excluding hydrogens is 445 g/mol. The van der Waals surface area contributed by atoms with Crippen LogP contribution in [0.25, 0.3) is 17.3 Å². The molecule has 6 nitrogen and oxygen atoms in total. The first-order chi connectivity index (χ1) is 16.9. The molecule has 0 amide bonds. The summed E-state index contributed by atoms with van der Waals surface area (Å²) in [5, 5.41) is 20.8. The van der Waals surface area contributed by atoms with Gasteiger partial charge in [-0.25, -0.2) is 4.39 Å². The van der Waals surface area contributed by atoms with Crippen LogP contribution in [0.1, 0.15) is 28.1 Å². The van der Waals surface area contributed by atoms with Gasteiger partial charge in [-0.05, 0) is 79.1 Å². The fourth-order valence-corrected chi connectivity index (χ4v) is 3.89. The third kappa shape index (κ3) is 5.28. The summed E-state index contributed by atoms with van der Waals surface area (Å²) in [4.78, 5) is 10.6. The van der Waals surface area contributed by atoms with Crippen LogP contribution in [-0.2, 0) is 6.61 Å². The summed E-state index contributed by atoms with van der Waals surface area (Å²) >= 11 is 0. The lowest BCUT2D eigenvalue weighted by Crippen LogP contribution is -2.00. The number of aromatic nitrogens is 1. The zero-order chi connectivity index (χ0) is 24.9. The minimum Gasteiger partial charge on any atom is -0.489 e. The second-order valence-corrected chi connectivity index (χ2v) is 8.05. The summed E-state index contributed by atoms with van der Waals surface area (Å²) in [6, 6.07) is 24.0. The van der Waals surface area contributed by atoms with Gasteiger partial charge in [0.2, 0.25) is 0 Å². The molecule has 3 aromatic carbocycles. The number of halogens is 1. The maximum absolute atomic E-state index is 13.1. The van der Waals surface area contributed by atoms with Crippen LogP contribution < -0.4 is 4.74 Å². The van der Waals surface area contributed by atoms with E-state index in [1.807, 2.05) is 44.2 Å². The van der Waals surface area contributed by atoms with Crippen molar-refractivity contribution in [2.24, 2.45) is 0 Å². The first-order valence-corrected chi connectivity index (χ1v) is 10.9. The second-order valence-electron chi connectivity index (χ2n) is 8.05. The molecule has 0 bridgehead atoms. The van der Waals surface area contributed by atoms with E-state index >= 15 is 0 Å². The Balaban J connectivity index is 1.57. The van der Waals surface area contributed by atoms with E-state index < -0.39 is 4.92 Å². The molecule has 0 spiro atoms. The van der Waals surface area contributed by atoms with Gasteiger partial charge >= 0.3 is 0 Å². The molecule has 4 rings (SSSR count). The van der Waals surface area contributed by atoms with Crippen molar-refractivity contribution in [2.75, 3.05) is 0 Å². The fourth-order valence-electron chi connectivity index (χ4n) is 3.89. The molecule has 0 saturated heterocycles. The first kappa shape index (κ1) is 23.5. The van der Waals surface area contributed by atoms with Crippen molar-refractivity contribution in [1.29, 1.82) is 5.26 Å². The lowest BCUT2D eigenvalue weighted by molar-refractivity contribution is -0.384. The van der Waals surface area contributed by atoms with Crippen molar-refractivity contribution in [2.45, 2.75) is 20.5 Å². The number of nitriles is 1. The number of nitro groups is 1. The quantitative estimate of drug-likeness (QED) is 0.170. The van der Waals surface area contributed by atoms with E-state index in [2.05, 4.69) is 10.6 Å². The number of hydrogen-bond acceptors (Lipinski definition) is 4. The topological polar surface area (TPSA) is 81.1 Å². The number of allylic oxidation sites excluding steroid dienone is 1. The minimum atomic E-state index is -0.475. The Morgan fingerprint density at radius 1 is 1.09 bits per heavy atom. The molecule has 0 saturated carbocycles. The highest BCUT2D eigenvalue weighted by Gasteiger charge is 2.13. The first-order valence-electron chi connectivity index (χ1n) is 10.9. The number of non-ortho nitro benzene ring substituents is 1. The highest BCUT2D eigenvalue weighted by molar-refractivity contribution is 5.90. The van der Waals surface area contributed by atoms with E-state index in [-0.39, 0.29) is 11.5 Å². The van der Waals surface area contributed by atoms with Crippen molar-refractivity contribution in [1.82, 2.24) is 4.57 Å². The molecule has 1 aromatic heterocycles. The third-order valence-electron chi connectivity index (χ3n) is 5.67. The average molecular weight is 468 g/mol. The highest BCUT2D eigenvalue weighted by atomic mass is 19.1. The number of rotatable bonds is 7. The van der Waals surface area contributed by atoms with Gasteiger partial charge in [0.1, 0.15) is 18.2 Å². The monoisotopic (exact) mass is 467 g/mol. The van der Waals surface area contributed by atoms with Gasteiger partial charge in [0, 0.05) is 29.2 Å². The van der Waals surface area contributed by atoms with Gasteiger partial charge in [-0.1, -0.05) is 24.3 Å². The summed E-state index contributed by atoms with van der Waals surface area (Å²) in [5.41, 5.74) is 5.35. The second kappa shape index (κ2) is 10.1. The van der Waals surface area contributed by atoms with E-state index in [1.54, 1.807) is 30.3 Å². The number of benzene rings is 3. The number of nitro benzene ring substituents is 1. The van der Waals surface area contributed by atoms with E-state index in [4.69, 9.17) is 4.74 Å². The van der Waals surface area contributed by atoms with Crippen LogP contribution in [0, 0.1) is 41.1 Å². The zero-order valence-electron chi connectivity index (χ0n) is 19.2. The Bertz CT molecular complexity index is 1450. The van der Waals surface area contributed by atoms with Crippen LogP contribution in [0.5, 0.6) is 5.75 Å². The Labute approximate surface area is 202 Å². The molecule has 0 aliphatic carbocycles. The van der Waals surface area contributed by atoms with Gasteiger partial charge in [0.25, 0.3) is 5.69 Å². The lowest BCUT2D eigenvalue weighted by Gasteiger charge is -2.12. The maximum atomic E-state index is 13.1. The molecule has 35 heavy (non-hydrogen) atoms. The van der Waals surface area contributed by atoms with Crippen molar-refractivity contribution < 1.29 is 14.1 Å². The normalized spacial score (nSPS) is 11.2. The molecule has 174 valence electrons. The largest absolute Gasteiger partial charge is 0.489 e. The molecule has 0 fully saturated rings. The lowest BCUT2D eigenvalue weighted by atomic mass is 10.0. The summed E-state index contributed by atoms with van der Waals surface area (Å²) in [6.07, 6.45) is 1.75. The van der Waals surface area contributed by atoms with Gasteiger partial charge in [-0.15, -0.1) is 0 Å². The van der Waals surface area contributed by atoms with Crippen LogP contribution in [0.15, 0.2) is 78.9 Å². The Kier molecular flexibility index (Phi) is 6.74. The SMILES string of the molecule is Cc1cc(C=C(C#N)c2cccc([N+](=O)[O-])c2)c(C)n1-c1ccc(OCc2ccc(F)cc2)cc1. The van der Waals surface area contributed by atoms with Crippen LogP contribution in [0.4, 0.5) is 10.1 Å². The number of aryl methyl sites for hydroxylation is 1. The molecule has 0 aliphatic rings. The maximum Gasteiger partial charge on any atom is 0.270 e. The van der Waals surface area contributed by atoms with Crippen LogP contribution >= 0.6 is 0 Å². The summed E-state index contributed by atoms with van der Waals surface area (Å²) < 4.78 is 20.9. The zero-order valence-corrected chi connectivity index (χ0v) is 19.2. The molecule has 0 N–H and O–H groups in total. The third-order valence-corrected chi connectivity index (χ3v) is 5.67. The smallest absolute Gasteiger partial charge is 0.270 e. The van der Waals surface area contributed by atoms with E-state index in [0.717, 1.165) is 28.2 Å². The van der Waals surface area contributed by atoms with E-state index in [1.165, 1.54) is 24.3 Å². The molecule has 1 heterocycles. The molecule has 4 aromatic rings. The highest BCUT2D eigenvalue weighted by Crippen LogP contribution is 2.27. The van der Waals surface area contributed by atoms with Crippen LogP contribution in [-0.4, -0.2) is 9.49 Å². The molecule has 0 atom stereocenters. The van der Waals surface area contributed by atoms with Crippen LogP contribution in [0.3, 0.4) is 0 Å². The van der Waals surface area contributed by atoms with Gasteiger partial charge in [-0.3, -0.25) is 10.1 Å². The predicted octanol–water partition coefficient (Wildman–Crippen LogP) is 6.78. The summed E-state index contributed by atoms with van der Waals surface area (Å²) in [6.45, 7) is 4.27. The number of hydrogen-bond donors (Lipinski definition) is 0. The van der Waals surface area contributed by atoms with Crippen molar-refractivity contribution in [3.63, 3.8) is 0 Å². The molecule has 0 aliphatic heterocycles. The van der Waals surface area contributed by atoms with E-state index in [9.17, 15) is 19.8 Å². The van der Waals surface area contributed by atoms with Gasteiger partial charge in [0.15, 0.2) is 0 Å². The molecular formula is C28H22FN3O3. The summed E-state index contributed by atoms with van der Waals surface area (Å²) in [7, 11) is 0. The number of nitrogens with zero attached hydrogens (tertiary/aromatic N) is 3. The minimum absolute atomic E-state index is 0.0594. The molecule has 0 radical (unpaired) electrons. The standard InChI is InChI=1S/C28H22FN3O3/c1-19-14-23(15-24(17-30)22-4-3-5-27(16-22)32(33)34)20(2)31(19)26-10-12-28(13-11-26)35-18-21-6-8-25(29)9-7-21/h3-16H,18H2,1-2H3. The Hall–Kier alpha value is -4.70. The van der Waals surface area contributed by atoms with Gasteiger partial charge in [-0.2, -0.15) is 5.26 Å². The summed E-state index contributed by atoms with van der Waals surface area (Å²) in [5.74, 6) is 0.412.